The second kappa shape index (κ2) is 9.19. The molecule has 1 aliphatic carbocycles. The van der Waals surface area contributed by atoms with Crippen molar-refractivity contribution in [2.45, 2.75) is 31.8 Å². The minimum Gasteiger partial charge on any atom is -0.481 e. The summed E-state index contributed by atoms with van der Waals surface area (Å²) in [6, 6.07) is 20.7. The van der Waals surface area contributed by atoms with E-state index in [1.807, 2.05) is 60.7 Å². The summed E-state index contributed by atoms with van der Waals surface area (Å²) in [7, 11) is 0. The van der Waals surface area contributed by atoms with Gasteiger partial charge in [0.2, 0.25) is 0 Å². The number of hydrogen-bond acceptors (Lipinski definition) is 7. The number of ether oxygens (including phenoxy) is 1. The van der Waals surface area contributed by atoms with Crippen LogP contribution in [-0.2, 0) is 21.6 Å². The molecule has 1 saturated carbocycles. The highest BCUT2D eigenvalue weighted by Crippen LogP contribution is 2.48. The van der Waals surface area contributed by atoms with Crippen LogP contribution >= 0.6 is 0 Å². The van der Waals surface area contributed by atoms with Gasteiger partial charge in [-0.15, -0.1) is 0 Å². The molecule has 9 heteroatoms. The Kier molecular flexibility index (Phi) is 5.68. The third-order valence-corrected chi connectivity index (χ3v) is 6.97. The number of oxazole rings is 1. The van der Waals surface area contributed by atoms with Crippen molar-refractivity contribution < 1.29 is 28.4 Å². The standard InChI is InChI=1S/C29H23N3O6/c1-17-24(31-28(35)36-15-21-3-2-4-23-25(21)30-16-37-23)26(38-32-17)20-7-5-18(6-8-20)19-9-11-22(12-10-19)29(13-14-29)27(33)34/h2-12,16H,13-15H2,1H3,(H,31,35)(H,33,34). The topological polar surface area (TPSA) is 128 Å². The Morgan fingerprint density at radius 2 is 1.68 bits per heavy atom. The highest BCUT2D eigenvalue weighted by Gasteiger charge is 2.51. The number of aliphatic carboxylic acids is 1. The number of para-hydroxylation sites is 1. The first-order valence-corrected chi connectivity index (χ1v) is 12.1. The van der Waals surface area contributed by atoms with E-state index in [-0.39, 0.29) is 6.61 Å². The van der Waals surface area contributed by atoms with Gasteiger partial charge < -0.3 is 18.8 Å². The van der Waals surface area contributed by atoms with Crippen molar-refractivity contribution in [2.75, 3.05) is 5.32 Å². The fourth-order valence-electron chi connectivity index (χ4n) is 4.60. The van der Waals surface area contributed by atoms with E-state index in [9.17, 15) is 14.7 Å². The van der Waals surface area contributed by atoms with Gasteiger partial charge in [-0.1, -0.05) is 65.8 Å². The molecule has 1 amide bonds. The number of carboxylic acid groups (broad SMARTS) is 1. The molecule has 0 radical (unpaired) electrons. The zero-order valence-electron chi connectivity index (χ0n) is 20.4. The monoisotopic (exact) mass is 509 g/mol. The van der Waals surface area contributed by atoms with E-state index in [1.54, 1.807) is 13.0 Å². The van der Waals surface area contributed by atoms with E-state index < -0.39 is 17.5 Å². The van der Waals surface area contributed by atoms with Gasteiger partial charge in [-0.3, -0.25) is 10.1 Å². The van der Waals surface area contributed by atoms with Crippen LogP contribution in [-0.4, -0.2) is 27.3 Å². The van der Waals surface area contributed by atoms with Crippen LogP contribution in [0.2, 0.25) is 0 Å². The average Bonchev–Trinajstić information content (AvgIpc) is 3.48. The number of nitrogens with zero attached hydrogens (tertiary/aromatic N) is 2. The molecule has 0 saturated heterocycles. The molecule has 2 N–H and O–H groups in total. The summed E-state index contributed by atoms with van der Waals surface area (Å²) in [6.07, 6.45) is 2.05. The maximum atomic E-state index is 12.6. The number of carbonyl (C=O) groups excluding carboxylic acids is 1. The smallest absolute Gasteiger partial charge is 0.412 e. The average molecular weight is 510 g/mol. The van der Waals surface area contributed by atoms with Crippen molar-refractivity contribution in [3.63, 3.8) is 0 Å². The first-order valence-electron chi connectivity index (χ1n) is 12.1. The van der Waals surface area contributed by atoms with Crippen molar-refractivity contribution in [1.82, 2.24) is 10.1 Å². The van der Waals surface area contributed by atoms with Gasteiger partial charge in [-0.05, 0) is 42.5 Å². The predicted molar refractivity (Wildman–Crippen MR) is 138 cm³/mol. The first-order chi connectivity index (χ1) is 18.4. The van der Waals surface area contributed by atoms with Crippen LogP contribution in [0.15, 0.2) is 82.1 Å². The lowest BCUT2D eigenvalue weighted by molar-refractivity contribution is -0.140. The predicted octanol–water partition coefficient (Wildman–Crippen LogP) is 6.32. The summed E-state index contributed by atoms with van der Waals surface area (Å²) >= 11 is 0. The van der Waals surface area contributed by atoms with Crippen molar-refractivity contribution >= 4 is 28.8 Å². The molecular formula is C29H23N3O6. The van der Waals surface area contributed by atoms with Gasteiger partial charge in [0.05, 0.1) is 5.41 Å². The molecule has 1 fully saturated rings. The van der Waals surface area contributed by atoms with E-state index in [2.05, 4.69) is 15.5 Å². The SMILES string of the molecule is Cc1noc(-c2ccc(-c3ccc(C4(C(=O)O)CC4)cc3)cc2)c1NC(=O)OCc1cccc2ocnc12. The molecule has 5 aromatic rings. The molecule has 0 unspecified atom stereocenters. The summed E-state index contributed by atoms with van der Waals surface area (Å²) in [5.41, 5.74) is 5.72. The zero-order valence-corrected chi connectivity index (χ0v) is 20.4. The van der Waals surface area contributed by atoms with E-state index in [4.69, 9.17) is 13.7 Å². The number of fused-ring (bicyclic) bond motifs is 1. The molecule has 0 spiro atoms. The normalized spacial score (nSPS) is 13.8. The van der Waals surface area contributed by atoms with E-state index >= 15 is 0 Å². The van der Waals surface area contributed by atoms with E-state index in [0.717, 1.165) is 27.8 Å². The number of amides is 1. The van der Waals surface area contributed by atoms with Gasteiger partial charge >= 0.3 is 12.1 Å². The summed E-state index contributed by atoms with van der Waals surface area (Å²) in [4.78, 5) is 28.4. The van der Waals surface area contributed by atoms with Crippen molar-refractivity contribution in [3.8, 4) is 22.5 Å². The lowest BCUT2D eigenvalue weighted by Gasteiger charge is -2.11. The number of hydrogen-bond donors (Lipinski definition) is 2. The van der Waals surface area contributed by atoms with Crippen LogP contribution in [0.1, 0.15) is 29.7 Å². The zero-order chi connectivity index (χ0) is 26.3. The quantitative estimate of drug-likeness (QED) is 0.261. The van der Waals surface area contributed by atoms with Crippen molar-refractivity contribution in [1.29, 1.82) is 0 Å². The highest BCUT2D eigenvalue weighted by molar-refractivity contribution is 5.91. The fourth-order valence-corrected chi connectivity index (χ4v) is 4.60. The van der Waals surface area contributed by atoms with Gasteiger partial charge in [-0.2, -0.15) is 0 Å². The molecule has 2 aromatic heterocycles. The van der Waals surface area contributed by atoms with Crippen LogP contribution < -0.4 is 5.32 Å². The Bertz CT molecular complexity index is 1650. The summed E-state index contributed by atoms with van der Waals surface area (Å²) in [5.74, 6) is -0.352. The van der Waals surface area contributed by atoms with Gasteiger partial charge in [0, 0.05) is 11.1 Å². The van der Waals surface area contributed by atoms with Crippen LogP contribution in [0.3, 0.4) is 0 Å². The number of carboxylic acids is 1. The Morgan fingerprint density at radius 3 is 2.37 bits per heavy atom. The Balaban J connectivity index is 1.15. The second-order valence-electron chi connectivity index (χ2n) is 9.33. The molecule has 190 valence electrons. The van der Waals surface area contributed by atoms with Crippen molar-refractivity contribution in [2.24, 2.45) is 0 Å². The minimum absolute atomic E-state index is 0.0242. The fraction of sp³-hybridized carbons (Fsp3) is 0.172. The molecule has 9 nitrogen and oxygen atoms in total. The summed E-state index contributed by atoms with van der Waals surface area (Å²) in [5, 5.41) is 16.3. The number of carbonyl (C=O) groups is 2. The van der Waals surface area contributed by atoms with Crippen molar-refractivity contribution in [3.05, 3.63) is 89.9 Å². The number of rotatable bonds is 7. The van der Waals surface area contributed by atoms with Gasteiger partial charge in [0.15, 0.2) is 17.7 Å². The van der Waals surface area contributed by atoms with Gasteiger partial charge in [0.1, 0.15) is 23.5 Å². The Hall–Kier alpha value is -4.92. The number of nitrogens with one attached hydrogen (secondary N) is 1. The first kappa shape index (κ1) is 23.5. The number of benzene rings is 3. The molecule has 1 aliphatic rings. The maximum absolute atomic E-state index is 12.6. The largest absolute Gasteiger partial charge is 0.481 e. The van der Waals surface area contributed by atoms with Crippen LogP contribution in [0.5, 0.6) is 0 Å². The lowest BCUT2D eigenvalue weighted by Crippen LogP contribution is -2.19. The van der Waals surface area contributed by atoms with Crippen LogP contribution in [0.25, 0.3) is 33.6 Å². The maximum Gasteiger partial charge on any atom is 0.412 e. The summed E-state index contributed by atoms with van der Waals surface area (Å²) in [6.45, 7) is 1.76. The molecular weight excluding hydrogens is 486 g/mol. The Labute approximate surface area is 217 Å². The molecule has 0 bridgehead atoms. The third-order valence-electron chi connectivity index (χ3n) is 6.97. The highest BCUT2D eigenvalue weighted by atomic mass is 16.5. The molecule has 2 heterocycles. The molecule has 0 atom stereocenters. The number of aromatic nitrogens is 2. The van der Waals surface area contributed by atoms with E-state index in [0.29, 0.717) is 41.1 Å². The summed E-state index contributed by atoms with van der Waals surface area (Å²) < 4.78 is 16.2. The second-order valence-corrected chi connectivity index (χ2v) is 9.33. The molecule has 6 rings (SSSR count). The lowest BCUT2D eigenvalue weighted by atomic mass is 9.93. The molecule has 38 heavy (non-hydrogen) atoms. The number of anilines is 1. The van der Waals surface area contributed by atoms with E-state index in [1.165, 1.54) is 6.39 Å². The number of aryl methyl sites for hydroxylation is 1. The third kappa shape index (κ3) is 4.17. The van der Waals surface area contributed by atoms with Gasteiger partial charge in [-0.25, -0.2) is 9.78 Å². The van der Waals surface area contributed by atoms with Crippen LogP contribution in [0, 0.1) is 6.92 Å². The molecule has 3 aromatic carbocycles. The van der Waals surface area contributed by atoms with Gasteiger partial charge in [0.25, 0.3) is 0 Å². The van der Waals surface area contributed by atoms with Crippen LogP contribution in [0.4, 0.5) is 10.5 Å². The minimum atomic E-state index is -0.766. The Morgan fingerprint density at radius 1 is 1.00 bits per heavy atom. The molecule has 0 aliphatic heterocycles.